The van der Waals surface area contributed by atoms with Crippen molar-refractivity contribution in [3.8, 4) is 0 Å². The van der Waals surface area contributed by atoms with Crippen LogP contribution in [0.4, 0.5) is 0 Å². The Morgan fingerprint density at radius 1 is 1.53 bits per heavy atom. The van der Waals surface area contributed by atoms with Crippen LogP contribution in [0.15, 0.2) is 35.3 Å². The summed E-state index contributed by atoms with van der Waals surface area (Å²) in [4.78, 5) is 0. The van der Waals surface area contributed by atoms with Crippen LogP contribution >= 0.6 is 43.5 Å². The fraction of sp³-hybridized carbons (Fsp3) is 0.333. The number of hydrogen-bond acceptors (Lipinski definition) is 0. The number of benzene rings is 1. The highest BCUT2D eigenvalue weighted by molar-refractivity contribution is 9.10. The zero-order chi connectivity index (χ0) is 11.5. The van der Waals surface area contributed by atoms with Crippen molar-refractivity contribution in [1.82, 2.24) is 0 Å². The minimum absolute atomic E-state index is 0.0530. The van der Waals surface area contributed by atoms with Crippen molar-refractivity contribution in [3.63, 3.8) is 0 Å². The highest BCUT2D eigenvalue weighted by Crippen LogP contribution is 2.30. The third-order valence-electron chi connectivity index (χ3n) is 2.41. The molecule has 0 aromatic heterocycles. The smallest absolute Gasteiger partial charge is 0.0449 e. The van der Waals surface area contributed by atoms with E-state index in [-0.39, 0.29) is 5.41 Å². The topological polar surface area (TPSA) is 0 Å². The van der Waals surface area contributed by atoms with Gasteiger partial charge >= 0.3 is 0 Å². The highest BCUT2D eigenvalue weighted by atomic mass is 79.9. The Morgan fingerprint density at radius 2 is 2.20 bits per heavy atom. The fourth-order valence-electron chi connectivity index (χ4n) is 1.27. The van der Waals surface area contributed by atoms with Gasteiger partial charge in [0.15, 0.2) is 0 Å². The summed E-state index contributed by atoms with van der Waals surface area (Å²) >= 11 is 13.1. The summed E-state index contributed by atoms with van der Waals surface area (Å²) in [5, 5.41) is 1.69. The molecule has 0 aliphatic carbocycles. The molecule has 0 spiro atoms. The molecule has 0 aliphatic rings. The summed E-state index contributed by atoms with van der Waals surface area (Å²) in [5.74, 6) is 0. The van der Waals surface area contributed by atoms with Crippen LogP contribution in [0.1, 0.15) is 12.5 Å². The second-order valence-electron chi connectivity index (χ2n) is 3.90. The maximum absolute atomic E-state index is 6.17. The first-order valence-corrected chi connectivity index (χ1v) is 6.93. The van der Waals surface area contributed by atoms with E-state index in [1.807, 2.05) is 18.2 Å². The molecule has 0 bridgehead atoms. The zero-order valence-corrected chi connectivity index (χ0v) is 12.5. The zero-order valence-electron chi connectivity index (χ0n) is 8.56. The Morgan fingerprint density at radius 3 is 2.67 bits per heavy atom. The lowest BCUT2D eigenvalue weighted by Gasteiger charge is -2.23. The Balaban J connectivity index is 2.94. The van der Waals surface area contributed by atoms with Gasteiger partial charge in [0, 0.05) is 14.8 Å². The Hall–Kier alpha value is 0.210. The number of halogens is 3. The van der Waals surface area contributed by atoms with E-state index in [4.69, 9.17) is 11.6 Å². The molecule has 1 rings (SSSR count). The molecule has 0 radical (unpaired) electrons. The van der Waals surface area contributed by atoms with Crippen molar-refractivity contribution in [1.29, 1.82) is 0 Å². The molecule has 1 aromatic carbocycles. The number of alkyl halides is 1. The average Bonchev–Trinajstić information content (AvgIpc) is 2.22. The van der Waals surface area contributed by atoms with Crippen LogP contribution < -0.4 is 0 Å². The maximum atomic E-state index is 6.17. The highest BCUT2D eigenvalue weighted by Gasteiger charge is 2.20. The molecule has 0 fully saturated rings. The Bertz CT molecular complexity index is 363. The minimum atomic E-state index is 0.0530. The van der Waals surface area contributed by atoms with Gasteiger partial charge in [-0.05, 0) is 29.5 Å². The number of allylic oxidation sites excluding steroid dienone is 1. The van der Waals surface area contributed by atoms with Gasteiger partial charge in [0.05, 0.1) is 0 Å². The largest absolute Gasteiger partial charge is 0.102 e. The van der Waals surface area contributed by atoms with Gasteiger partial charge in [-0.25, -0.2) is 0 Å². The molecule has 0 amide bonds. The van der Waals surface area contributed by atoms with E-state index in [2.05, 4.69) is 51.4 Å². The van der Waals surface area contributed by atoms with E-state index < -0.39 is 0 Å². The van der Waals surface area contributed by atoms with Crippen molar-refractivity contribution >= 4 is 43.5 Å². The quantitative estimate of drug-likeness (QED) is 0.514. The van der Waals surface area contributed by atoms with Crippen molar-refractivity contribution < 1.29 is 0 Å². The molecule has 1 atom stereocenters. The molecule has 0 heterocycles. The molecule has 0 nitrogen and oxygen atoms in total. The normalized spacial score (nSPS) is 14.7. The van der Waals surface area contributed by atoms with Crippen molar-refractivity contribution in [2.24, 2.45) is 5.41 Å². The summed E-state index contributed by atoms with van der Waals surface area (Å²) in [7, 11) is 0. The van der Waals surface area contributed by atoms with Gasteiger partial charge in [0.25, 0.3) is 0 Å². The average molecular weight is 352 g/mol. The predicted octanol–water partition coefficient (Wildman–Crippen LogP) is 5.23. The third-order valence-corrected chi connectivity index (χ3v) is 4.53. The van der Waals surface area contributed by atoms with Gasteiger partial charge in [0.2, 0.25) is 0 Å². The summed E-state index contributed by atoms with van der Waals surface area (Å²) in [6, 6.07) is 5.99. The SMILES string of the molecule is C=CC(C)(CBr)Cc1ccc(Br)cc1Cl. The number of rotatable bonds is 4. The van der Waals surface area contributed by atoms with Gasteiger partial charge in [-0.1, -0.05) is 62.5 Å². The van der Waals surface area contributed by atoms with E-state index in [0.29, 0.717) is 0 Å². The molecule has 1 aromatic rings. The summed E-state index contributed by atoms with van der Waals surface area (Å²) in [5.41, 5.74) is 1.21. The lowest BCUT2D eigenvalue weighted by Crippen LogP contribution is -2.18. The molecule has 0 aliphatic heterocycles. The van der Waals surface area contributed by atoms with Crippen molar-refractivity contribution in [3.05, 3.63) is 45.9 Å². The van der Waals surface area contributed by atoms with Crippen molar-refractivity contribution in [2.75, 3.05) is 5.33 Å². The van der Waals surface area contributed by atoms with Crippen LogP contribution in [0, 0.1) is 5.41 Å². The Kier molecular flexibility index (Phi) is 4.88. The number of hydrogen-bond donors (Lipinski definition) is 0. The van der Waals surface area contributed by atoms with E-state index in [9.17, 15) is 0 Å². The first-order valence-electron chi connectivity index (χ1n) is 4.64. The van der Waals surface area contributed by atoms with Crippen LogP contribution in [-0.2, 0) is 6.42 Å². The van der Waals surface area contributed by atoms with Crippen LogP contribution in [-0.4, -0.2) is 5.33 Å². The van der Waals surface area contributed by atoms with Gasteiger partial charge in [-0.3, -0.25) is 0 Å². The Labute approximate surface area is 113 Å². The molecule has 0 saturated carbocycles. The second kappa shape index (κ2) is 5.51. The monoisotopic (exact) mass is 350 g/mol. The van der Waals surface area contributed by atoms with Gasteiger partial charge in [-0.15, -0.1) is 6.58 Å². The first kappa shape index (κ1) is 13.3. The molecule has 1 unspecified atom stereocenters. The van der Waals surface area contributed by atoms with Crippen molar-refractivity contribution in [2.45, 2.75) is 13.3 Å². The van der Waals surface area contributed by atoms with E-state index in [1.165, 1.54) is 0 Å². The third kappa shape index (κ3) is 3.61. The van der Waals surface area contributed by atoms with E-state index in [1.54, 1.807) is 0 Å². The molecular formula is C12H13Br2Cl. The molecule has 0 N–H and O–H groups in total. The van der Waals surface area contributed by atoms with Gasteiger partial charge in [0.1, 0.15) is 0 Å². The van der Waals surface area contributed by atoms with Crippen LogP contribution in [0.2, 0.25) is 5.02 Å². The van der Waals surface area contributed by atoms with Gasteiger partial charge in [-0.2, -0.15) is 0 Å². The summed E-state index contributed by atoms with van der Waals surface area (Å²) in [6.45, 7) is 6.02. The summed E-state index contributed by atoms with van der Waals surface area (Å²) in [6.07, 6.45) is 2.87. The van der Waals surface area contributed by atoms with E-state index in [0.717, 1.165) is 26.8 Å². The molecule has 82 valence electrons. The maximum Gasteiger partial charge on any atom is 0.0449 e. The second-order valence-corrected chi connectivity index (χ2v) is 5.79. The molecule has 15 heavy (non-hydrogen) atoms. The standard InChI is InChI=1S/C12H13Br2Cl/c1-3-12(2,8-13)7-9-4-5-10(14)6-11(9)15/h3-6H,1,7-8H2,2H3. The lowest BCUT2D eigenvalue weighted by atomic mass is 9.86. The first-order chi connectivity index (χ1) is 7.00. The summed E-state index contributed by atoms with van der Waals surface area (Å²) < 4.78 is 1.01. The van der Waals surface area contributed by atoms with Crippen LogP contribution in [0.25, 0.3) is 0 Å². The fourth-order valence-corrected chi connectivity index (χ4v) is 2.44. The molecule has 0 saturated heterocycles. The van der Waals surface area contributed by atoms with E-state index >= 15 is 0 Å². The predicted molar refractivity (Wildman–Crippen MR) is 75.0 cm³/mol. The lowest BCUT2D eigenvalue weighted by molar-refractivity contribution is 0.493. The molecular weight excluding hydrogens is 339 g/mol. The van der Waals surface area contributed by atoms with Crippen LogP contribution in [0.3, 0.4) is 0 Å². The van der Waals surface area contributed by atoms with Crippen LogP contribution in [0.5, 0.6) is 0 Å². The minimum Gasteiger partial charge on any atom is -0.102 e. The van der Waals surface area contributed by atoms with Gasteiger partial charge < -0.3 is 0 Å². The molecule has 3 heteroatoms.